The maximum absolute atomic E-state index is 12.5. The van der Waals surface area contributed by atoms with E-state index in [1.54, 1.807) is 32.0 Å². The number of rotatable bonds is 3. The largest absolute Gasteiger partial charge is 0.493 e. The molecule has 0 bridgehead atoms. The van der Waals surface area contributed by atoms with E-state index >= 15 is 0 Å². The van der Waals surface area contributed by atoms with Crippen LogP contribution in [-0.2, 0) is 16.4 Å². The van der Waals surface area contributed by atoms with Crippen molar-refractivity contribution in [2.45, 2.75) is 31.6 Å². The Kier molecular flexibility index (Phi) is 3.74. The van der Waals surface area contributed by atoms with Gasteiger partial charge in [-0.3, -0.25) is 0 Å². The van der Waals surface area contributed by atoms with E-state index in [0.717, 1.165) is 24.2 Å². The smallest absolute Gasteiger partial charge is 0.264 e. The molecule has 0 spiro atoms. The third kappa shape index (κ3) is 3.04. The van der Waals surface area contributed by atoms with Crippen molar-refractivity contribution in [3.63, 3.8) is 0 Å². The summed E-state index contributed by atoms with van der Waals surface area (Å²) >= 11 is 0. The molecule has 7 heteroatoms. The molecule has 0 atom stereocenters. The fourth-order valence-corrected chi connectivity index (χ4v) is 3.45. The Morgan fingerprint density at radius 2 is 1.86 bits per heavy atom. The summed E-state index contributed by atoms with van der Waals surface area (Å²) in [5, 5.41) is 0. The molecule has 116 valence electrons. The molecular formula is C15H17N3O3S. The predicted octanol–water partition coefficient (Wildman–Crippen LogP) is 2.22. The highest BCUT2D eigenvalue weighted by molar-refractivity contribution is 7.92. The summed E-state index contributed by atoms with van der Waals surface area (Å²) in [7, 11) is -3.71. The number of nitrogens with zero attached hydrogens (tertiary/aromatic N) is 2. The van der Waals surface area contributed by atoms with E-state index in [9.17, 15) is 8.42 Å². The van der Waals surface area contributed by atoms with Crippen molar-refractivity contribution < 1.29 is 13.2 Å². The Morgan fingerprint density at radius 3 is 2.59 bits per heavy atom. The number of benzene rings is 1. The number of hydrogen-bond acceptors (Lipinski definition) is 5. The first-order valence-corrected chi connectivity index (χ1v) is 8.53. The summed E-state index contributed by atoms with van der Waals surface area (Å²) in [6, 6.07) is 6.67. The molecule has 0 fully saturated rings. The van der Waals surface area contributed by atoms with Gasteiger partial charge in [0.15, 0.2) is 0 Å². The first-order valence-electron chi connectivity index (χ1n) is 7.05. The number of hydrogen-bond donors (Lipinski definition) is 1. The molecule has 0 unspecified atom stereocenters. The van der Waals surface area contributed by atoms with Crippen LogP contribution in [0.15, 0.2) is 29.2 Å². The van der Waals surface area contributed by atoms with E-state index in [0.29, 0.717) is 18.0 Å². The van der Waals surface area contributed by atoms with Crippen molar-refractivity contribution in [1.82, 2.24) is 9.97 Å². The maximum Gasteiger partial charge on any atom is 0.264 e. The minimum atomic E-state index is -3.71. The molecule has 1 aliphatic heterocycles. The van der Waals surface area contributed by atoms with Crippen LogP contribution in [0.4, 0.5) is 5.95 Å². The van der Waals surface area contributed by atoms with Crippen LogP contribution in [-0.4, -0.2) is 25.0 Å². The topological polar surface area (TPSA) is 81.2 Å². The summed E-state index contributed by atoms with van der Waals surface area (Å²) in [6.45, 7) is 4.26. The lowest BCUT2D eigenvalue weighted by Crippen LogP contribution is -2.17. The summed E-state index contributed by atoms with van der Waals surface area (Å²) in [5.74, 6) is 0.847. The Bertz CT molecular complexity index is 799. The molecule has 22 heavy (non-hydrogen) atoms. The molecule has 0 saturated heterocycles. The monoisotopic (exact) mass is 319 g/mol. The lowest BCUT2D eigenvalue weighted by molar-refractivity contribution is 0.288. The van der Waals surface area contributed by atoms with Gasteiger partial charge in [-0.1, -0.05) is 0 Å². The molecule has 1 N–H and O–H groups in total. The van der Waals surface area contributed by atoms with Crippen LogP contribution in [0.2, 0.25) is 0 Å². The molecule has 3 rings (SSSR count). The van der Waals surface area contributed by atoms with E-state index in [1.165, 1.54) is 6.07 Å². The minimum Gasteiger partial charge on any atom is -0.493 e. The van der Waals surface area contributed by atoms with Crippen LogP contribution in [0.1, 0.15) is 23.4 Å². The Balaban J connectivity index is 1.92. The highest BCUT2D eigenvalue weighted by Crippen LogP contribution is 2.27. The van der Waals surface area contributed by atoms with Crippen molar-refractivity contribution >= 4 is 16.0 Å². The average Bonchev–Trinajstić information content (AvgIpc) is 2.45. The molecule has 0 radical (unpaired) electrons. The fourth-order valence-electron chi connectivity index (χ4n) is 2.45. The lowest BCUT2D eigenvalue weighted by Gasteiger charge is -2.18. The Labute approximate surface area is 129 Å². The Hall–Kier alpha value is -2.15. The van der Waals surface area contributed by atoms with Crippen molar-refractivity contribution in [2.75, 3.05) is 11.3 Å². The molecule has 1 aromatic heterocycles. The van der Waals surface area contributed by atoms with Gasteiger partial charge < -0.3 is 4.74 Å². The van der Waals surface area contributed by atoms with Crippen molar-refractivity contribution in [2.24, 2.45) is 0 Å². The number of ether oxygens (including phenoxy) is 1. The summed E-state index contributed by atoms with van der Waals surface area (Å²) in [5.41, 5.74) is 2.34. The van der Waals surface area contributed by atoms with Gasteiger partial charge in [0.05, 0.1) is 11.5 Å². The molecule has 6 nitrogen and oxygen atoms in total. The molecule has 2 aromatic rings. The van der Waals surface area contributed by atoms with Gasteiger partial charge in [0.25, 0.3) is 10.0 Å². The quantitative estimate of drug-likeness (QED) is 0.938. The van der Waals surface area contributed by atoms with Gasteiger partial charge >= 0.3 is 0 Å². The second kappa shape index (κ2) is 5.57. The minimum absolute atomic E-state index is 0.0893. The molecule has 2 heterocycles. The third-order valence-electron chi connectivity index (χ3n) is 3.40. The fraction of sp³-hybridized carbons (Fsp3) is 0.333. The normalized spacial score (nSPS) is 14.1. The van der Waals surface area contributed by atoms with E-state index < -0.39 is 10.0 Å². The van der Waals surface area contributed by atoms with Gasteiger partial charge in [-0.25, -0.2) is 23.1 Å². The maximum atomic E-state index is 12.5. The summed E-state index contributed by atoms with van der Waals surface area (Å²) in [4.78, 5) is 8.41. The van der Waals surface area contributed by atoms with Crippen LogP contribution in [0.5, 0.6) is 5.75 Å². The number of sulfonamides is 1. The van der Waals surface area contributed by atoms with Gasteiger partial charge in [0.2, 0.25) is 5.95 Å². The van der Waals surface area contributed by atoms with E-state index in [4.69, 9.17) is 4.74 Å². The lowest BCUT2D eigenvalue weighted by atomic mass is 10.1. The summed E-state index contributed by atoms with van der Waals surface area (Å²) < 4.78 is 32.9. The van der Waals surface area contributed by atoms with Gasteiger partial charge in [-0.15, -0.1) is 0 Å². The molecule has 0 aliphatic carbocycles. The van der Waals surface area contributed by atoms with Crippen molar-refractivity contribution in [1.29, 1.82) is 0 Å². The van der Waals surface area contributed by atoms with Crippen LogP contribution >= 0.6 is 0 Å². The zero-order valence-electron chi connectivity index (χ0n) is 12.5. The number of aryl methyl sites for hydroxylation is 3. The van der Waals surface area contributed by atoms with Gasteiger partial charge in [-0.05, 0) is 56.5 Å². The number of fused-ring (bicyclic) bond motifs is 1. The number of aromatic nitrogens is 2. The van der Waals surface area contributed by atoms with Crippen LogP contribution in [0, 0.1) is 13.8 Å². The standard InChI is InChI=1S/C15H17N3O3S/c1-10-8-11(2)17-15(16-10)18-22(19,20)13-5-6-14-12(9-13)4-3-7-21-14/h5-6,8-9H,3-4,7H2,1-2H3,(H,16,17,18). The van der Waals surface area contributed by atoms with Crippen LogP contribution < -0.4 is 9.46 Å². The van der Waals surface area contributed by atoms with Crippen LogP contribution in [0.25, 0.3) is 0 Å². The SMILES string of the molecule is Cc1cc(C)nc(NS(=O)(=O)c2ccc3c(c2)CCCO3)n1. The van der Waals surface area contributed by atoms with Crippen LogP contribution in [0.3, 0.4) is 0 Å². The number of nitrogens with one attached hydrogen (secondary N) is 1. The zero-order chi connectivity index (χ0) is 15.7. The summed E-state index contributed by atoms with van der Waals surface area (Å²) in [6.07, 6.45) is 1.71. The molecule has 0 amide bonds. The van der Waals surface area contributed by atoms with Gasteiger partial charge in [-0.2, -0.15) is 0 Å². The highest BCUT2D eigenvalue weighted by Gasteiger charge is 2.19. The Morgan fingerprint density at radius 1 is 1.14 bits per heavy atom. The molecule has 1 aromatic carbocycles. The van der Waals surface area contributed by atoms with Gasteiger partial charge in [0, 0.05) is 11.4 Å². The van der Waals surface area contributed by atoms with E-state index in [1.807, 2.05) is 0 Å². The molecule has 0 saturated carbocycles. The van der Waals surface area contributed by atoms with Crippen molar-refractivity contribution in [3.05, 3.63) is 41.2 Å². The predicted molar refractivity (Wildman–Crippen MR) is 82.6 cm³/mol. The first-order chi connectivity index (χ1) is 10.4. The third-order valence-corrected chi connectivity index (χ3v) is 4.72. The zero-order valence-corrected chi connectivity index (χ0v) is 13.3. The van der Waals surface area contributed by atoms with E-state index in [-0.39, 0.29) is 10.8 Å². The second-order valence-corrected chi connectivity index (χ2v) is 6.98. The van der Waals surface area contributed by atoms with Gasteiger partial charge in [0.1, 0.15) is 5.75 Å². The van der Waals surface area contributed by atoms with Crippen molar-refractivity contribution in [3.8, 4) is 5.75 Å². The first kappa shape index (κ1) is 14.8. The highest BCUT2D eigenvalue weighted by atomic mass is 32.2. The average molecular weight is 319 g/mol. The number of anilines is 1. The molecular weight excluding hydrogens is 302 g/mol. The van der Waals surface area contributed by atoms with E-state index in [2.05, 4.69) is 14.7 Å². The molecule has 1 aliphatic rings. The second-order valence-electron chi connectivity index (χ2n) is 5.30.